The predicted molar refractivity (Wildman–Crippen MR) is 97.0 cm³/mol. The van der Waals surface area contributed by atoms with Gasteiger partial charge in [0.1, 0.15) is 17.8 Å². The minimum Gasteiger partial charge on any atom is -0.450 e. The van der Waals surface area contributed by atoms with Crippen LogP contribution in [0.15, 0.2) is 12.4 Å². The Morgan fingerprint density at radius 3 is 2.54 bits per heavy atom. The van der Waals surface area contributed by atoms with Gasteiger partial charge in [0.15, 0.2) is 0 Å². The van der Waals surface area contributed by atoms with E-state index in [2.05, 4.69) is 15.3 Å². The van der Waals surface area contributed by atoms with Crippen molar-refractivity contribution in [1.29, 1.82) is 0 Å². The van der Waals surface area contributed by atoms with Gasteiger partial charge in [-0.2, -0.15) is 0 Å². The minimum atomic E-state index is -0.248. The zero-order valence-electron chi connectivity index (χ0n) is 15.3. The minimum absolute atomic E-state index is 0.0210. The van der Waals surface area contributed by atoms with Crippen molar-refractivity contribution in [2.24, 2.45) is 0 Å². The van der Waals surface area contributed by atoms with E-state index in [1.807, 2.05) is 11.8 Å². The molecule has 8 heteroatoms. The van der Waals surface area contributed by atoms with Crippen LogP contribution in [-0.2, 0) is 4.74 Å². The highest BCUT2D eigenvalue weighted by atomic mass is 16.6. The zero-order valence-corrected chi connectivity index (χ0v) is 15.3. The van der Waals surface area contributed by atoms with E-state index in [9.17, 15) is 9.59 Å². The first kappa shape index (κ1) is 18.4. The van der Waals surface area contributed by atoms with Gasteiger partial charge in [-0.25, -0.2) is 14.8 Å². The molecule has 0 aromatic carbocycles. The molecule has 0 radical (unpaired) electrons. The molecule has 142 valence electrons. The third kappa shape index (κ3) is 4.62. The highest BCUT2D eigenvalue weighted by Gasteiger charge is 2.24. The Balaban J connectivity index is 1.54. The maximum atomic E-state index is 12.6. The number of aromatic nitrogens is 2. The average molecular weight is 361 g/mol. The van der Waals surface area contributed by atoms with Gasteiger partial charge in [0.25, 0.3) is 5.91 Å². The van der Waals surface area contributed by atoms with E-state index in [1.165, 1.54) is 12.7 Å². The number of ether oxygens (including phenoxy) is 1. The Morgan fingerprint density at radius 2 is 1.85 bits per heavy atom. The van der Waals surface area contributed by atoms with Crippen molar-refractivity contribution in [2.75, 3.05) is 38.1 Å². The van der Waals surface area contributed by atoms with Crippen LogP contribution in [0, 0.1) is 0 Å². The van der Waals surface area contributed by atoms with Crippen molar-refractivity contribution in [3.63, 3.8) is 0 Å². The molecule has 8 nitrogen and oxygen atoms in total. The van der Waals surface area contributed by atoms with Crippen LogP contribution >= 0.6 is 0 Å². The van der Waals surface area contributed by atoms with E-state index in [-0.39, 0.29) is 18.0 Å². The molecule has 1 N–H and O–H groups in total. The van der Waals surface area contributed by atoms with Crippen LogP contribution in [0.4, 0.5) is 10.6 Å². The highest BCUT2D eigenvalue weighted by Crippen LogP contribution is 2.17. The molecule has 0 unspecified atom stereocenters. The summed E-state index contributed by atoms with van der Waals surface area (Å²) in [7, 11) is 0. The molecule has 3 rings (SSSR count). The van der Waals surface area contributed by atoms with Crippen molar-refractivity contribution in [1.82, 2.24) is 19.8 Å². The van der Waals surface area contributed by atoms with Crippen molar-refractivity contribution < 1.29 is 14.3 Å². The normalized spacial score (nSPS) is 18.5. The third-order valence-electron chi connectivity index (χ3n) is 4.90. The average Bonchev–Trinajstić information content (AvgIpc) is 2.69. The lowest BCUT2D eigenvalue weighted by Crippen LogP contribution is -2.42. The van der Waals surface area contributed by atoms with Crippen LogP contribution in [0.3, 0.4) is 0 Å². The van der Waals surface area contributed by atoms with Gasteiger partial charge < -0.3 is 19.9 Å². The molecular weight excluding hydrogens is 334 g/mol. The van der Waals surface area contributed by atoms with Crippen LogP contribution in [0.5, 0.6) is 0 Å². The number of anilines is 1. The monoisotopic (exact) mass is 361 g/mol. The highest BCUT2D eigenvalue weighted by molar-refractivity contribution is 5.92. The second-order valence-electron chi connectivity index (χ2n) is 6.75. The first-order valence-electron chi connectivity index (χ1n) is 9.47. The standard InChI is InChI=1S/C18H27N5O3/c1-2-26-18(25)23-10-6-14(7-11-23)21-16-12-15(19-13-20-16)17(24)22-8-4-3-5-9-22/h12-14H,2-11H2,1H3,(H,19,20,21). The largest absolute Gasteiger partial charge is 0.450 e. The van der Waals surface area contributed by atoms with Crippen LogP contribution in [0.2, 0.25) is 0 Å². The summed E-state index contributed by atoms with van der Waals surface area (Å²) in [5, 5.41) is 3.37. The SMILES string of the molecule is CCOC(=O)N1CCC(Nc2cc(C(=O)N3CCCCC3)ncn2)CC1. The van der Waals surface area contributed by atoms with Crippen LogP contribution in [0.1, 0.15) is 49.5 Å². The Hall–Kier alpha value is -2.38. The van der Waals surface area contributed by atoms with E-state index in [0.717, 1.165) is 38.8 Å². The smallest absolute Gasteiger partial charge is 0.409 e. The number of carbonyl (C=O) groups excluding carboxylic acids is 2. The first-order valence-corrected chi connectivity index (χ1v) is 9.47. The number of piperidine rings is 2. The van der Waals surface area contributed by atoms with Gasteiger partial charge in [-0.15, -0.1) is 0 Å². The van der Waals surface area contributed by atoms with Gasteiger partial charge in [0.2, 0.25) is 0 Å². The lowest BCUT2D eigenvalue weighted by Gasteiger charge is -2.32. The number of likely N-dealkylation sites (tertiary alicyclic amines) is 2. The van der Waals surface area contributed by atoms with Gasteiger partial charge in [0.05, 0.1) is 6.61 Å². The second kappa shape index (κ2) is 8.82. The van der Waals surface area contributed by atoms with E-state index in [1.54, 1.807) is 11.0 Å². The summed E-state index contributed by atoms with van der Waals surface area (Å²) in [5.74, 6) is 0.641. The molecule has 2 aliphatic heterocycles. The van der Waals surface area contributed by atoms with E-state index in [0.29, 0.717) is 31.2 Å². The molecule has 2 amide bonds. The van der Waals surface area contributed by atoms with Crippen molar-refractivity contribution in [3.05, 3.63) is 18.1 Å². The van der Waals surface area contributed by atoms with Gasteiger partial charge in [-0.3, -0.25) is 4.79 Å². The number of hydrogen-bond donors (Lipinski definition) is 1. The molecular formula is C18H27N5O3. The number of rotatable bonds is 4. The lowest BCUT2D eigenvalue weighted by atomic mass is 10.1. The van der Waals surface area contributed by atoms with E-state index in [4.69, 9.17) is 4.74 Å². The molecule has 0 aliphatic carbocycles. The number of amides is 2. The summed E-state index contributed by atoms with van der Waals surface area (Å²) in [6, 6.07) is 1.95. The maximum Gasteiger partial charge on any atom is 0.409 e. The van der Waals surface area contributed by atoms with Gasteiger partial charge >= 0.3 is 6.09 Å². The molecule has 2 saturated heterocycles. The number of nitrogens with one attached hydrogen (secondary N) is 1. The fourth-order valence-corrected chi connectivity index (χ4v) is 3.44. The molecule has 2 fully saturated rings. The topological polar surface area (TPSA) is 87.7 Å². The summed E-state index contributed by atoms with van der Waals surface area (Å²) in [5.41, 5.74) is 0.438. The summed E-state index contributed by atoms with van der Waals surface area (Å²) >= 11 is 0. The zero-order chi connectivity index (χ0) is 18.4. The molecule has 1 aromatic rings. The number of nitrogens with zero attached hydrogens (tertiary/aromatic N) is 4. The molecule has 1 aromatic heterocycles. The number of hydrogen-bond acceptors (Lipinski definition) is 6. The fourth-order valence-electron chi connectivity index (χ4n) is 3.44. The van der Waals surface area contributed by atoms with E-state index < -0.39 is 0 Å². The van der Waals surface area contributed by atoms with Crippen molar-refractivity contribution >= 4 is 17.8 Å². The maximum absolute atomic E-state index is 12.6. The second-order valence-corrected chi connectivity index (χ2v) is 6.75. The number of carbonyl (C=O) groups is 2. The quantitative estimate of drug-likeness (QED) is 0.884. The molecule has 3 heterocycles. The van der Waals surface area contributed by atoms with Crippen molar-refractivity contribution in [3.8, 4) is 0 Å². The summed E-state index contributed by atoms with van der Waals surface area (Å²) in [6.07, 6.45) is 6.12. The van der Waals surface area contributed by atoms with Gasteiger partial charge in [-0.1, -0.05) is 0 Å². The fraction of sp³-hybridized carbons (Fsp3) is 0.667. The molecule has 26 heavy (non-hydrogen) atoms. The summed E-state index contributed by atoms with van der Waals surface area (Å²) in [6.45, 7) is 5.12. The Kier molecular flexibility index (Phi) is 6.25. The van der Waals surface area contributed by atoms with Crippen molar-refractivity contribution in [2.45, 2.75) is 45.1 Å². The van der Waals surface area contributed by atoms with Crippen LogP contribution in [-0.4, -0.2) is 70.6 Å². The summed E-state index contributed by atoms with van der Waals surface area (Å²) < 4.78 is 5.04. The van der Waals surface area contributed by atoms with Gasteiger partial charge in [-0.05, 0) is 39.0 Å². The molecule has 2 aliphatic rings. The Bertz CT molecular complexity index is 625. The summed E-state index contributed by atoms with van der Waals surface area (Å²) in [4.78, 5) is 36.3. The van der Waals surface area contributed by atoms with E-state index >= 15 is 0 Å². The molecule has 0 spiro atoms. The first-order chi connectivity index (χ1) is 12.7. The molecule has 0 atom stereocenters. The lowest BCUT2D eigenvalue weighted by molar-refractivity contribution is 0.0718. The predicted octanol–water partition coefficient (Wildman–Crippen LogP) is 2.14. The molecule has 0 bridgehead atoms. The Morgan fingerprint density at radius 1 is 1.12 bits per heavy atom. The van der Waals surface area contributed by atoms with Gasteiger partial charge in [0, 0.05) is 38.3 Å². The molecule has 0 saturated carbocycles. The third-order valence-corrected chi connectivity index (χ3v) is 4.90. The Labute approximate surface area is 153 Å². The van der Waals surface area contributed by atoms with Crippen LogP contribution < -0.4 is 5.32 Å². The van der Waals surface area contributed by atoms with Crippen LogP contribution in [0.25, 0.3) is 0 Å².